The molecule has 1 rings (SSSR count). The zero-order chi connectivity index (χ0) is 9.68. The van der Waals surface area contributed by atoms with Crippen molar-refractivity contribution in [3.8, 4) is 0 Å². The molecule has 0 aliphatic carbocycles. The third kappa shape index (κ3) is 2.50. The van der Waals surface area contributed by atoms with Gasteiger partial charge < -0.3 is 4.84 Å². The van der Waals surface area contributed by atoms with Crippen LogP contribution < -0.4 is 0 Å². The van der Waals surface area contributed by atoms with Crippen LogP contribution in [0.2, 0.25) is 0 Å². The summed E-state index contributed by atoms with van der Waals surface area (Å²) in [6.45, 7) is 2.10. The lowest BCUT2D eigenvalue weighted by Crippen LogP contribution is -1.94. The Bertz CT molecular complexity index is 292. The van der Waals surface area contributed by atoms with Crippen molar-refractivity contribution in [1.82, 2.24) is 0 Å². The molecule has 0 atom stereocenters. The van der Waals surface area contributed by atoms with Gasteiger partial charge in [0.25, 0.3) is 0 Å². The molecule has 0 radical (unpaired) electrons. The van der Waals surface area contributed by atoms with E-state index in [4.69, 9.17) is 0 Å². The van der Waals surface area contributed by atoms with E-state index in [-0.39, 0.29) is 5.56 Å². The van der Waals surface area contributed by atoms with Crippen LogP contribution in [0.25, 0.3) is 0 Å². The van der Waals surface area contributed by atoms with Gasteiger partial charge in [-0.15, -0.1) is 0 Å². The van der Waals surface area contributed by atoms with Crippen LogP contribution in [0, 0.1) is 11.6 Å². The summed E-state index contributed by atoms with van der Waals surface area (Å²) in [5, 5.41) is 3.38. The zero-order valence-corrected chi connectivity index (χ0v) is 7.13. The van der Waals surface area contributed by atoms with Crippen LogP contribution in [0.5, 0.6) is 0 Å². The lowest BCUT2D eigenvalue weighted by Gasteiger charge is -1.97. The molecule has 0 aromatic heterocycles. The fourth-order valence-electron chi connectivity index (χ4n) is 0.799. The summed E-state index contributed by atoms with van der Waals surface area (Å²) < 4.78 is 25.8. The molecule has 4 heteroatoms. The van der Waals surface area contributed by atoms with Gasteiger partial charge in [0.1, 0.15) is 18.2 Å². The minimum absolute atomic E-state index is 0.184. The molecule has 0 aliphatic heterocycles. The molecule has 2 nitrogen and oxygen atoms in total. The monoisotopic (exact) mass is 185 g/mol. The molecule has 0 fully saturated rings. The first-order valence-corrected chi connectivity index (χ1v) is 3.85. The number of halogens is 2. The second-order valence-electron chi connectivity index (χ2n) is 2.29. The average Bonchev–Trinajstić information content (AvgIpc) is 2.10. The highest BCUT2D eigenvalue weighted by atomic mass is 19.1. The van der Waals surface area contributed by atoms with Gasteiger partial charge in [0.15, 0.2) is 0 Å². The third-order valence-corrected chi connectivity index (χ3v) is 1.39. The highest BCUT2D eigenvalue weighted by Crippen LogP contribution is 2.08. The molecular weight excluding hydrogens is 176 g/mol. The summed E-state index contributed by atoms with van der Waals surface area (Å²) >= 11 is 0. The first kappa shape index (κ1) is 9.64. The maximum atomic E-state index is 12.9. The molecule has 0 heterocycles. The Morgan fingerprint density at radius 2 is 2.00 bits per heavy atom. The van der Waals surface area contributed by atoms with Crippen LogP contribution in [0.1, 0.15) is 12.5 Å². The van der Waals surface area contributed by atoms with Crippen molar-refractivity contribution in [2.45, 2.75) is 6.92 Å². The van der Waals surface area contributed by atoms with Crippen LogP contribution in [0.4, 0.5) is 8.78 Å². The van der Waals surface area contributed by atoms with Gasteiger partial charge in [-0.2, -0.15) is 0 Å². The van der Waals surface area contributed by atoms with Gasteiger partial charge in [0.2, 0.25) is 0 Å². The maximum absolute atomic E-state index is 12.9. The van der Waals surface area contributed by atoms with Crippen molar-refractivity contribution in [1.29, 1.82) is 0 Å². The van der Waals surface area contributed by atoms with Crippen molar-refractivity contribution in [3.05, 3.63) is 35.4 Å². The number of hydrogen-bond donors (Lipinski definition) is 0. The Kier molecular flexibility index (Phi) is 3.37. The molecule has 0 amide bonds. The SMILES string of the molecule is CCO/N=C/c1c(F)cccc1F. The first-order valence-electron chi connectivity index (χ1n) is 3.85. The van der Waals surface area contributed by atoms with E-state index in [9.17, 15) is 8.78 Å². The van der Waals surface area contributed by atoms with E-state index in [0.717, 1.165) is 18.3 Å². The van der Waals surface area contributed by atoms with Gasteiger partial charge >= 0.3 is 0 Å². The standard InChI is InChI=1S/C9H9F2NO/c1-2-13-12-6-7-8(10)4-3-5-9(7)11/h3-6H,2H2,1H3/b12-6+. The number of oxime groups is 1. The molecule has 1 aromatic carbocycles. The van der Waals surface area contributed by atoms with E-state index in [1.54, 1.807) is 6.92 Å². The molecule has 0 spiro atoms. The Hall–Kier alpha value is -1.45. The number of rotatable bonds is 3. The van der Waals surface area contributed by atoms with E-state index in [1.165, 1.54) is 6.07 Å². The van der Waals surface area contributed by atoms with Crippen molar-refractivity contribution >= 4 is 6.21 Å². The summed E-state index contributed by atoms with van der Waals surface area (Å²) in [4.78, 5) is 4.58. The normalized spacial score (nSPS) is 10.7. The van der Waals surface area contributed by atoms with Crippen LogP contribution >= 0.6 is 0 Å². The van der Waals surface area contributed by atoms with E-state index >= 15 is 0 Å². The van der Waals surface area contributed by atoms with Gasteiger partial charge in [-0.3, -0.25) is 0 Å². The van der Waals surface area contributed by atoms with Crippen LogP contribution in [0.15, 0.2) is 23.4 Å². The summed E-state index contributed by atoms with van der Waals surface area (Å²) in [7, 11) is 0. The molecule has 0 aliphatic rings. The Morgan fingerprint density at radius 3 is 2.54 bits per heavy atom. The number of benzene rings is 1. The summed E-state index contributed by atoms with van der Waals surface area (Å²) in [5.74, 6) is -1.30. The molecule has 0 unspecified atom stereocenters. The van der Waals surface area contributed by atoms with Gasteiger partial charge in [0, 0.05) is 0 Å². The maximum Gasteiger partial charge on any atom is 0.135 e. The van der Waals surface area contributed by atoms with E-state index in [2.05, 4.69) is 9.99 Å². The molecule has 13 heavy (non-hydrogen) atoms. The lowest BCUT2D eigenvalue weighted by molar-refractivity contribution is 0.160. The van der Waals surface area contributed by atoms with Crippen LogP contribution in [-0.2, 0) is 4.84 Å². The Labute approximate surface area is 74.8 Å². The van der Waals surface area contributed by atoms with Gasteiger partial charge in [-0.25, -0.2) is 8.78 Å². The van der Waals surface area contributed by atoms with E-state index < -0.39 is 11.6 Å². The first-order chi connectivity index (χ1) is 6.25. The molecule has 0 bridgehead atoms. The zero-order valence-electron chi connectivity index (χ0n) is 7.13. The Morgan fingerprint density at radius 1 is 1.38 bits per heavy atom. The molecule has 0 N–H and O–H groups in total. The van der Waals surface area contributed by atoms with Gasteiger partial charge in [0.05, 0.1) is 11.8 Å². The average molecular weight is 185 g/mol. The quantitative estimate of drug-likeness (QED) is 0.523. The van der Waals surface area contributed by atoms with Crippen molar-refractivity contribution in [3.63, 3.8) is 0 Å². The highest BCUT2D eigenvalue weighted by Gasteiger charge is 2.04. The summed E-state index contributed by atoms with van der Waals surface area (Å²) in [6, 6.07) is 3.62. The third-order valence-electron chi connectivity index (χ3n) is 1.39. The van der Waals surface area contributed by atoms with Gasteiger partial charge in [-0.1, -0.05) is 11.2 Å². The van der Waals surface area contributed by atoms with Crippen LogP contribution in [0.3, 0.4) is 0 Å². The Balaban J connectivity index is 2.87. The van der Waals surface area contributed by atoms with Gasteiger partial charge in [-0.05, 0) is 19.1 Å². The lowest BCUT2D eigenvalue weighted by atomic mass is 10.2. The van der Waals surface area contributed by atoms with Crippen molar-refractivity contribution < 1.29 is 13.6 Å². The second kappa shape index (κ2) is 4.54. The minimum Gasteiger partial charge on any atom is -0.396 e. The topological polar surface area (TPSA) is 21.6 Å². The van der Waals surface area contributed by atoms with Crippen molar-refractivity contribution in [2.75, 3.05) is 6.61 Å². The fraction of sp³-hybridized carbons (Fsp3) is 0.222. The minimum atomic E-state index is -0.650. The number of hydrogen-bond acceptors (Lipinski definition) is 2. The smallest absolute Gasteiger partial charge is 0.135 e. The predicted molar refractivity (Wildman–Crippen MR) is 45.6 cm³/mol. The van der Waals surface area contributed by atoms with E-state index in [1.807, 2.05) is 0 Å². The predicted octanol–water partition coefficient (Wildman–Crippen LogP) is 2.34. The fourth-order valence-corrected chi connectivity index (χ4v) is 0.799. The van der Waals surface area contributed by atoms with Crippen molar-refractivity contribution in [2.24, 2.45) is 5.16 Å². The van der Waals surface area contributed by atoms with Crippen LogP contribution in [-0.4, -0.2) is 12.8 Å². The summed E-state index contributed by atoms with van der Waals surface area (Å²) in [6.07, 6.45) is 1.02. The molecule has 0 saturated heterocycles. The highest BCUT2D eigenvalue weighted by molar-refractivity contribution is 5.79. The largest absolute Gasteiger partial charge is 0.396 e. The molecule has 70 valence electrons. The molecule has 0 saturated carbocycles. The van der Waals surface area contributed by atoms with E-state index in [0.29, 0.717) is 6.61 Å². The second-order valence-corrected chi connectivity index (χ2v) is 2.29. The molecular formula is C9H9F2NO. The number of nitrogens with zero attached hydrogens (tertiary/aromatic N) is 1. The molecule has 1 aromatic rings. The summed E-state index contributed by atoms with van der Waals surface area (Å²) in [5.41, 5.74) is -0.184.